The number of anilines is 3. The van der Waals surface area contributed by atoms with Crippen LogP contribution in [0.5, 0.6) is 0 Å². The summed E-state index contributed by atoms with van der Waals surface area (Å²) in [6, 6.07) is 6.02. The summed E-state index contributed by atoms with van der Waals surface area (Å²) in [7, 11) is 1.78. The van der Waals surface area contributed by atoms with Crippen molar-refractivity contribution in [3.05, 3.63) is 29.9 Å². The Morgan fingerprint density at radius 1 is 1.24 bits per heavy atom. The van der Waals surface area contributed by atoms with Crippen molar-refractivity contribution in [1.29, 1.82) is 0 Å². The molecule has 0 atom stereocenters. The van der Waals surface area contributed by atoms with E-state index >= 15 is 0 Å². The van der Waals surface area contributed by atoms with Gasteiger partial charge in [-0.1, -0.05) is 0 Å². The minimum atomic E-state index is 0.535. The van der Waals surface area contributed by atoms with Crippen LogP contribution in [-0.2, 0) is 0 Å². The van der Waals surface area contributed by atoms with Crippen LogP contribution in [0.4, 0.5) is 17.5 Å². The largest absolute Gasteiger partial charge is 0.357 e. The number of aromatic amines is 1. The predicted molar refractivity (Wildman–Crippen MR) is 84.1 cm³/mol. The summed E-state index contributed by atoms with van der Waals surface area (Å²) in [5, 5.41) is 14.0. The summed E-state index contributed by atoms with van der Waals surface area (Å²) < 4.78 is 1.13. The molecule has 3 N–H and O–H groups in total. The number of fused-ring (bicyclic) bond motifs is 2. The second-order valence-electron chi connectivity index (χ2n) is 4.44. The predicted octanol–water partition coefficient (Wildman–Crippen LogP) is 2.75. The van der Waals surface area contributed by atoms with Gasteiger partial charge < -0.3 is 10.6 Å². The van der Waals surface area contributed by atoms with Crippen LogP contribution in [0.3, 0.4) is 0 Å². The maximum atomic E-state index is 4.45. The van der Waals surface area contributed by atoms with Gasteiger partial charge in [0.1, 0.15) is 5.82 Å². The molecule has 0 fully saturated rings. The van der Waals surface area contributed by atoms with Gasteiger partial charge in [0, 0.05) is 12.7 Å². The van der Waals surface area contributed by atoms with E-state index < -0.39 is 0 Å². The van der Waals surface area contributed by atoms with Gasteiger partial charge in [0.25, 0.3) is 0 Å². The molecule has 3 aromatic heterocycles. The van der Waals surface area contributed by atoms with Crippen molar-refractivity contribution in [1.82, 2.24) is 25.1 Å². The summed E-state index contributed by atoms with van der Waals surface area (Å²) in [6.45, 7) is 0. The Morgan fingerprint density at radius 2 is 2.19 bits per heavy atom. The average molecular weight is 297 g/mol. The average Bonchev–Trinajstić information content (AvgIpc) is 3.14. The minimum Gasteiger partial charge on any atom is -0.357 e. The molecule has 4 rings (SSSR count). The Kier molecular flexibility index (Phi) is 2.68. The van der Waals surface area contributed by atoms with E-state index in [-0.39, 0.29) is 0 Å². The van der Waals surface area contributed by atoms with E-state index in [2.05, 4.69) is 41.8 Å². The third-order valence-electron chi connectivity index (χ3n) is 3.13. The van der Waals surface area contributed by atoms with E-state index in [0.717, 1.165) is 21.3 Å². The lowest BCUT2D eigenvalue weighted by molar-refractivity contribution is 1.09. The van der Waals surface area contributed by atoms with E-state index in [1.807, 2.05) is 17.6 Å². The maximum Gasteiger partial charge on any atom is 0.226 e. The summed E-state index contributed by atoms with van der Waals surface area (Å²) in [6.07, 6.45) is 1.71. The Hall–Kier alpha value is -2.74. The summed E-state index contributed by atoms with van der Waals surface area (Å²) in [4.78, 5) is 13.0. The molecule has 21 heavy (non-hydrogen) atoms. The van der Waals surface area contributed by atoms with E-state index in [1.54, 1.807) is 24.6 Å². The number of nitrogens with zero attached hydrogens (tertiary/aromatic N) is 4. The van der Waals surface area contributed by atoms with Crippen LogP contribution in [0, 0.1) is 0 Å². The molecule has 1 aromatic carbocycles. The number of nitrogens with one attached hydrogen (secondary N) is 3. The van der Waals surface area contributed by atoms with Crippen molar-refractivity contribution in [3.8, 4) is 0 Å². The van der Waals surface area contributed by atoms with Gasteiger partial charge in [-0.2, -0.15) is 15.1 Å². The third kappa shape index (κ3) is 2.05. The van der Waals surface area contributed by atoms with Crippen molar-refractivity contribution < 1.29 is 0 Å². The number of rotatable bonds is 3. The second-order valence-corrected chi connectivity index (χ2v) is 5.32. The quantitative estimate of drug-likeness (QED) is 0.538. The molecule has 7 nitrogen and oxygen atoms in total. The monoisotopic (exact) mass is 297 g/mol. The molecular weight excluding hydrogens is 286 g/mol. The highest BCUT2D eigenvalue weighted by Crippen LogP contribution is 2.27. The van der Waals surface area contributed by atoms with E-state index in [0.29, 0.717) is 17.4 Å². The molecule has 0 aliphatic carbocycles. The van der Waals surface area contributed by atoms with Crippen LogP contribution < -0.4 is 10.6 Å². The topological polar surface area (TPSA) is 91.4 Å². The Labute approximate surface area is 123 Å². The van der Waals surface area contributed by atoms with Gasteiger partial charge in [-0.15, -0.1) is 11.3 Å². The smallest absolute Gasteiger partial charge is 0.226 e. The maximum absolute atomic E-state index is 4.45. The Balaban J connectivity index is 1.80. The fraction of sp³-hybridized carbons (Fsp3) is 0.0769. The molecule has 0 amide bonds. The SMILES string of the molecule is CNc1nc(Nc2ccc3ncsc3c2)c2cn[nH]c2n1. The minimum absolute atomic E-state index is 0.535. The highest BCUT2D eigenvalue weighted by atomic mass is 32.1. The Morgan fingerprint density at radius 3 is 3.10 bits per heavy atom. The van der Waals surface area contributed by atoms with Gasteiger partial charge in [0.15, 0.2) is 5.65 Å². The number of aromatic nitrogens is 5. The van der Waals surface area contributed by atoms with Crippen LogP contribution >= 0.6 is 11.3 Å². The van der Waals surface area contributed by atoms with Crippen LogP contribution in [0.25, 0.3) is 21.3 Å². The first-order chi connectivity index (χ1) is 10.3. The summed E-state index contributed by atoms with van der Waals surface area (Å²) >= 11 is 1.61. The number of benzene rings is 1. The molecule has 0 aliphatic rings. The first kappa shape index (κ1) is 12.0. The molecule has 104 valence electrons. The molecule has 0 aliphatic heterocycles. The molecule has 0 unspecified atom stereocenters. The number of hydrogen-bond donors (Lipinski definition) is 3. The van der Waals surface area contributed by atoms with Crippen LogP contribution in [0.2, 0.25) is 0 Å². The zero-order chi connectivity index (χ0) is 14.2. The Bertz CT molecular complexity index is 926. The summed E-state index contributed by atoms with van der Waals surface area (Å²) in [5.41, 5.74) is 4.48. The fourth-order valence-corrected chi connectivity index (χ4v) is 2.83. The van der Waals surface area contributed by atoms with Gasteiger partial charge in [0.05, 0.1) is 27.3 Å². The molecular formula is C13H11N7S. The highest BCUT2D eigenvalue weighted by Gasteiger charge is 2.09. The van der Waals surface area contributed by atoms with E-state index in [4.69, 9.17) is 0 Å². The highest BCUT2D eigenvalue weighted by molar-refractivity contribution is 7.16. The van der Waals surface area contributed by atoms with Crippen molar-refractivity contribution in [2.45, 2.75) is 0 Å². The standard InChI is InChI=1S/C13H11N7S/c1-14-13-18-11(8-5-16-20-12(8)19-13)17-7-2-3-9-10(4-7)21-6-15-9/h2-6H,1H3,(H3,14,16,17,18,19,20). The van der Waals surface area contributed by atoms with E-state index in [9.17, 15) is 0 Å². The van der Waals surface area contributed by atoms with Crippen LogP contribution in [0.1, 0.15) is 0 Å². The van der Waals surface area contributed by atoms with Gasteiger partial charge in [-0.3, -0.25) is 5.10 Å². The lowest BCUT2D eigenvalue weighted by Crippen LogP contribution is -2.01. The van der Waals surface area contributed by atoms with Crippen molar-refractivity contribution >= 4 is 50.0 Å². The molecule has 0 radical (unpaired) electrons. The molecule has 0 saturated heterocycles. The first-order valence-electron chi connectivity index (χ1n) is 6.32. The van der Waals surface area contributed by atoms with Gasteiger partial charge >= 0.3 is 0 Å². The number of hydrogen-bond acceptors (Lipinski definition) is 7. The first-order valence-corrected chi connectivity index (χ1v) is 7.20. The number of H-pyrrole nitrogens is 1. The molecule has 3 heterocycles. The molecule has 0 bridgehead atoms. The normalized spacial score (nSPS) is 11.1. The molecule has 0 spiro atoms. The lowest BCUT2D eigenvalue weighted by Gasteiger charge is -2.08. The van der Waals surface area contributed by atoms with Crippen molar-refractivity contribution in [2.24, 2.45) is 0 Å². The fourth-order valence-electron chi connectivity index (χ4n) is 2.11. The van der Waals surface area contributed by atoms with Crippen molar-refractivity contribution in [2.75, 3.05) is 17.7 Å². The van der Waals surface area contributed by atoms with E-state index in [1.165, 1.54) is 0 Å². The number of thiazole rings is 1. The molecule has 8 heteroatoms. The van der Waals surface area contributed by atoms with Gasteiger partial charge in [-0.05, 0) is 18.2 Å². The molecule has 0 saturated carbocycles. The second kappa shape index (κ2) is 4.67. The van der Waals surface area contributed by atoms with Gasteiger partial charge in [-0.25, -0.2) is 4.98 Å². The summed E-state index contributed by atoms with van der Waals surface area (Å²) in [5.74, 6) is 1.25. The van der Waals surface area contributed by atoms with Crippen LogP contribution in [0.15, 0.2) is 29.9 Å². The zero-order valence-electron chi connectivity index (χ0n) is 11.1. The van der Waals surface area contributed by atoms with Crippen LogP contribution in [-0.4, -0.2) is 32.2 Å². The zero-order valence-corrected chi connectivity index (χ0v) is 11.9. The molecule has 4 aromatic rings. The lowest BCUT2D eigenvalue weighted by atomic mass is 10.3. The third-order valence-corrected chi connectivity index (χ3v) is 3.92. The van der Waals surface area contributed by atoms with Crippen molar-refractivity contribution in [3.63, 3.8) is 0 Å². The van der Waals surface area contributed by atoms with Gasteiger partial charge in [0.2, 0.25) is 5.95 Å².